The van der Waals surface area contributed by atoms with Crippen LogP contribution >= 0.6 is 0 Å². The molecular formula is C16H28N4O. The maximum absolute atomic E-state index is 12.3. The predicted octanol–water partition coefficient (Wildman–Crippen LogP) is 2.60. The molecule has 0 radical (unpaired) electrons. The van der Waals surface area contributed by atoms with Gasteiger partial charge in [0.1, 0.15) is 0 Å². The van der Waals surface area contributed by atoms with E-state index >= 15 is 0 Å². The lowest BCUT2D eigenvalue weighted by atomic mass is 9.92. The van der Waals surface area contributed by atoms with Crippen molar-refractivity contribution in [2.24, 2.45) is 18.4 Å². The number of hydrogen-bond acceptors (Lipinski definition) is 2. The summed E-state index contributed by atoms with van der Waals surface area (Å²) < 4.78 is 1.90. The number of aromatic nitrogens is 2. The Morgan fingerprint density at radius 3 is 2.67 bits per heavy atom. The quantitative estimate of drug-likeness (QED) is 0.927. The molecule has 5 nitrogen and oxygen atoms in total. The molecule has 0 saturated carbocycles. The second-order valence-corrected chi connectivity index (χ2v) is 7.25. The summed E-state index contributed by atoms with van der Waals surface area (Å²) in [6.07, 6.45) is 2.89. The topological polar surface area (TPSA) is 50.2 Å². The number of urea groups is 1. The summed E-state index contributed by atoms with van der Waals surface area (Å²) in [6.45, 7) is 11.2. The van der Waals surface area contributed by atoms with Gasteiger partial charge in [-0.2, -0.15) is 5.10 Å². The molecule has 1 N–H and O–H groups in total. The lowest BCUT2D eigenvalue weighted by Crippen LogP contribution is -2.41. The Kier molecular flexibility index (Phi) is 4.59. The highest BCUT2D eigenvalue weighted by Crippen LogP contribution is 2.29. The fourth-order valence-electron chi connectivity index (χ4n) is 3.02. The zero-order valence-corrected chi connectivity index (χ0v) is 13.9. The van der Waals surface area contributed by atoms with Crippen molar-refractivity contribution in [1.29, 1.82) is 0 Å². The number of carbonyl (C=O) groups is 1. The van der Waals surface area contributed by atoms with Gasteiger partial charge in [0, 0.05) is 44.5 Å². The molecule has 1 aromatic rings. The van der Waals surface area contributed by atoms with Crippen LogP contribution in [0.3, 0.4) is 0 Å². The first-order valence-electron chi connectivity index (χ1n) is 7.81. The number of likely N-dealkylation sites (tertiary alicyclic amines) is 1. The van der Waals surface area contributed by atoms with E-state index in [1.807, 2.05) is 28.9 Å². The van der Waals surface area contributed by atoms with Gasteiger partial charge in [0.05, 0.1) is 0 Å². The van der Waals surface area contributed by atoms with Crippen LogP contribution in [0.2, 0.25) is 0 Å². The first-order chi connectivity index (χ1) is 9.80. The molecular weight excluding hydrogens is 264 g/mol. The van der Waals surface area contributed by atoms with Gasteiger partial charge < -0.3 is 10.2 Å². The van der Waals surface area contributed by atoms with E-state index in [4.69, 9.17) is 0 Å². The average Bonchev–Trinajstić information content (AvgIpc) is 2.95. The number of nitrogens with zero attached hydrogens (tertiary/aromatic N) is 3. The smallest absolute Gasteiger partial charge is 0.317 e. The van der Waals surface area contributed by atoms with Gasteiger partial charge in [0.2, 0.25) is 0 Å². The monoisotopic (exact) mass is 292 g/mol. The van der Waals surface area contributed by atoms with Gasteiger partial charge in [-0.3, -0.25) is 4.68 Å². The Balaban J connectivity index is 1.94. The Hall–Kier alpha value is -1.52. The third kappa shape index (κ3) is 3.77. The molecule has 0 bridgehead atoms. The third-order valence-electron chi connectivity index (χ3n) is 4.48. The van der Waals surface area contributed by atoms with E-state index in [0.717, 1.165) is 19.5 Å². The maximum Gasteiger partial charge on any atom is 0.317 e. The minimum Gasteiger partial charge on any atom is -0.337 e. The number of carbonyl (C=O) groups excluding carboxylic acids is 1. The molecule has 0 aromatic carbocycles. The second kappa shape index (κ2) is 6.08. The molecule has 1 unspecified atom stereocenters. The van der Waals surface area contributed by atoms with E-state index in [0.29, 0.717) is 12.5 Å². The number of rotatable bonds is 4. The second-order valence-electron chi connectivity index (χ2n) is 7.25. The van der Waals surface area contributed by atoms with E-state index in [2.05, 4.69) is 38.1 Å². The van der Waals surface area contributed by atoms with Crippen molar-refractivity contribution in [3.8, 4) is 0 Å². The minimum atomic E-state index is 0.0633. The first-order valence-corrected chi connectivity index (χ1v) is 7.81. The fraction of sp³-hybridized carbons (Fsp3) is 0.750. The van der Waals surface area contributed by atoms with E-state index < -0.39 is 0 Å². The van der Waals surface area contributed by atoms with Crippen molar-refractivity contribution in [2.75, 3.05) is 19.6 Å². The zero-order valence-electron chi connectivity index (χ0n) is 13.9. The van der Waals surface area contributed by atoms with E-state index in [9.17, 15) is 4.79 Å². The first kappa shape index (κ1) is 15.9. The fourth-order valence-corrected chi connectivity index (χ4v) is 3.02. The summed E-state index contributed by atoms with van der Waals surface area (Å²) in [4.78, 5) is 14.2. The molecule has 5 heteroatoms. The normalized spacial score (nSPS) is 19.0. The average molecular weight is 292 g/mol. The van der Waals surface area contributed by atoms with Crippen LogP contribution in [0.4, 0.5) is 4.79 Å². The third-order valence-corrected chi connectivity index (χ3v) is 4.48. The Labute approximate surface area is 127 Å². The van der Waals surface area contributed by atoms with E-state index in [-0.39, 0.29) is 17.4 Å². The van der Waals surface area contributed by atoms with Gasteiger partial charge in [0.15, 0.2) is 0 Å². The summed E-state index contributed by atoms with van der Waals surface area (Å²) in [5, 5.41) is 7.34. The summed E-state index contributed by atoms with van der Waals surface area (Å²) in [5.74, 6) is 0.743. The molecule has 21 heavy (non-hydrogen) atoms. The SMILES string of the molecule is CC(C)C(CNC(=O)N1CCC(C)(C)C1)c1ccnn1C. The van der Waals surface area contributed by atoms with E-state index in [1.54, 1.807) is 0 Å². The summed E-state index contributed by atoms with van der Waals surface area (Å²) >= 11 is 0. The van der Waals surface area contributed by atoms with Crippen LogP contribution in [-0.4, -0.2) is 40.3 Å². The largest absolute Gasteiger partial charge is 0.337 e. The summed E-state index contributed by atoms with van der Waals surface area (Å²) in [7, 11) is 1.95. The highest BCUT2D eigenvalue weighted by atomic mass is 16.2. The van der Waals surface area contributed by atoms with Crippen LogP contribution in [0.5, 0.6) is 0 Å². The Bertz CT molecular complexity index is 492. The molecule has 1 fully saturated rings. The van der Waals surface area contributed by atoms with Crippen molar-refractivity contribution in [3.05, 3.63) is 18.0 Å². The lowest BCUT2D eigenvalue weighted by molar-refractivity contribution is 0.201. The van der Waals surface area contributed by atoms with E-state index in [1.165, 1.54) is 5.69 Å². The van der Waals surface area contributed by atoms with Crippen molar-refractivity contribution >= 4 is 6.03 Å². The van der Waals surface area contributed by atoms with Crippen molar-refractivity contribution in [3.63, 3.8) is 0 Å². The number of nitrogens with one attached hydrogen (secondary N) is 1. The summed E-state index contributed by atoms with van der Waals surface area (Å²) in [6, 6.07) is 2.10. The standard InChI is InChI=1S/C16H28N4O/c1-12(2)13(14-6-8-18-19(14)5)10-17-15(21)20-9-7-16(3,4)11-20/h6,8,12-13H,7,9-11H2,1-5H3,(H,17,21). The highest BCUT2D eigenvalue weighted by molar-refractivity contribution is 5.74. The molecule has 1 aliphatic rings. The molecule has 2 rings (SSSR count). The zero-order chi connectivity index (χ0) is 15.6. The molecule has 2 amide bonds. The van der Waals surface area contributed by atoms with Gasteiger partial charge in [-0.05, 0) is 23.8 Å². The maximum atomic E-state index is 12.3. The number of hydrogen-bond donors (Lipinski definition) is 1. The van der Waals surface area contributed by atoms with Crippen LogP contribution < -0.4 is 5.32 Å². The molecule has 1 aliphatic heterocycles. The molecule has 1 aromatic heterocycles. The molecule has 0 aliphatic carbocycles. The molecule has 1 atom stereocenters. The number of aryl methyl sites for hydroxylation is 1. The van der Waals surface area contributed by atoms with Crippen molar-refractivity contribution in [1.82, 2.24) is 20.0 Å². The van der Waals surface area contributed by atoms with Crippen LogP contribution in [0, 0.1) is 11.3 Å². The van der Waals surface area contributed by atoms with Gasteiger partial charge in [-0.25, -0.2) is 4.79 Å². The molecule has 2 heterocycles. The highest BCUT2D eigenvalue weighted by Gasteiger charge is 2.32. The predicted molar refractivity (Wildman–Crippen MR) is 84.2 cm³/mol. The molecule has 1 saturated heterocycles. The van der Waals surface area contributed by atoms with Crippen LogP contribution in [0.25, 0.3) is 0 Å². The lowest BCUT2D eigenvalue weighted by Gasteiger charge is -2.24. The van der Waals surface area contributed by atoms with Gasteiger partial charge in [-0.1, -0.05) is 27.7 Å². The Morgan fingerprint density at radius 2 is 2.19 bits per heavy atom. The van der Waals surface area contributed by atoms with Crippen LogP contribution in [-0.2, 0) is 7.05 Å². The van der Waals surface area contributed by atoms with Gasteiger partial charge in [0.25, 0.3) is 0 Å². The molecule has 118 valence electrons. The van der Waals surface area contributed by atoms with Crippen molar-refractivity contribution in [2.45, 2.75) is 40.0 Å². The van der Waals surface area contributed by atoms with Crippen LogP contribution in [0.15, 0.2) is 12.3 Å². The summed E-state index contributed by atoms with van der Waals surface area (Å²) in [5.41, 5.74) is 1.42. The minimum absolute atomic E-state index is 0.0633. The van der Waals surface area contributed by atoms with Gasteiger partial charge >= 0.3 is 6.03 Å². The number of amides is 2. The van der Waals surface area contributed by atoms with Crippen molar-refractivity contribution < 1.29 is 4.79 Å². The van der Waals surface area contributed by atoms with Crippen LogP contribution in [0.1, 0.15) is 45.7 Å². The molecule has 0 spiro atoms. The Morgan fingerprint density at radius 1 is 1.48 bits per heavy atom. The van der Waals surface area contributed by atoms with Gasteiger partial charge in [-0.15, -0.1) is 0 Å².